The van der Waals surface area contributed by atoms with Crippen LogP contribution in [0.15, 0.2) is 67.0 Å². The van der Waals surface area contributed by atoms with E-state index in [-0.39, 0.29) is 21.3 Å². The standard InChI is InChI=1S/C25H21N3O6S/c1-4-12-34-17-9-7-15(8-10-17)20(29)18-19(16-6-5-11-26-13-16)28(23(31)21(18)30)25-27-14(2)22(35-25)24(32)33-3/h4-11,13,19,29H,1,12H2,2-3H3/b20-18+/t19-/m1/s1. The minimum atomic E-state index is -1.00. The number of methoxy groups -OCH3 is 1. The third-order valence-corrected chi connectivity index (χ3v) is 6.44. The Hall–Kier alpha value is -4.31. The summed E-state index contributed by atoms with van der Waals surface area (Å²) in [7, 11) is 1.25. The van der Waals surface area contributed by atoms with Gasteiger partial charge in [0.15, 0.2) is 5.13 Å². The molecule has 3 heterocycles. The van der Waals surface area contributed by atoms with Gasteiger partial charge in [-0.1, -0.05) is 30.1 Å². The summed E-state index contributed by atoms with van der Waals surface area (Å²) < 4.78 is 10.3. The van der Waals surface area contributed by atoms with E-state index in [4.69, 9.17) is 9.47 Å². The van der Waals surface area contributed by atoms with Gasteiger partial charge in [0.2, 0.25) is 0 Å². The normalized spacial score (nSPS) is 16.9. The lowest BCUT2D eigenvalue weighted by Crippen LogP contribution is -2.29. The van der Waals surface area contributed by atoms with Gasteiger partial charge in [-0.05, 0) is 42.8 Å². The average Bonchev–Trinajstić information content (AvgIpc) is 3.39. The van der Waals surface area contributed by atoms with E-state index in [0.717, 1.165) is 11.3 Å². The minimum Gasteiger partial charge on any atom is -0.507 e. The molecule has 1 atom stereocenters. The molecule has 35 heavy (non-hydrogen) atoms. The van der Waals surface area contributed by atoms with Gasteiger partial charge in [-0.15, -0.1) is 0 Å². The van der Waals surface area contributed by atoms with Crippen LogP contribution in [0.5, 0.6) is 5.75 Å². The maximum Gasteiger partial charge on any atom is 0.350 e. The maximum atomic E-state index is 13.2. The Morgan fingerprint density at radius 3 is 2.63 bits per heavy atom. The van der Waals surface area contributed by atoms with Crippen LogP contribution >= 0.6 is 11.3 Å². The second kappa shape index (κ2) is 9.90. The molecule has 1 aromatic carbocycles. The van der Waals surface area contributed by atoms with E-state index in [1.807, 2.05) is 0 Å². The number of hydrogen-bond donors (Lipinski definition) is 1. The molecule has 0 radical (unpaired) electrons. The van der Waals surface area contributed by atoms with Gasteiger partial charge in [-0.3, -0.25) is 19.5 Å². The van der Waals surface area contributed by atoms with Crippen molar-refractivity contribution in [2.45, 2.75) is 13.0 Å². The molecule has 1 aliphatic rings. The smallest absolute Gasteiger partial charge is 0.350 e. The number of anilines is 1. The van der Waals surface area contributed by atoms with Crippen molar-refractivity contribution < 1.29 is 29.0 Å². The topological polar surface area (TPSA) is 119 Å². The zero-order chi connectivity index (χ0) is 25.1. The predicted octanol–water partition coefficient (Wildman–Crippen LogP) is 3.82. The van der Waals surface area contributed by atoms with E-state index >= 15 is 0 Å². The first-order chi connectivity index (χ1) is 16.9. The van der Waals surface area contributed by atoms with E-state index in [1.54, 1.807) is 55.6 Å². The van der Waals surface area contributed by atoms with Gasteiger partial charge in [0.05, 0.1) is 24.4 Å². The van der Waals surface area contributed by atoms with Gasteiger partial charge in [0, 0.05) is 18.0 Å². The number of esters is 1. The molecule has 0 spiro atoms. The molecule has 10 heteroatoms. The SMILES string of the molecule is C=CCOc1ccc(/C(O)=C2\C(=O)C(=O)N(c3nc(C)c(C(=O)OC)s3)[C@@H]2c2cccnc2)cc1. The molecule has 0 aliphatic carbocycles. The quantitative estimate of drug-likeness (QED) is 0.174. The number of carbonyl (C=O) groups excluding carboxylic acids is 3. The van der Waals surface area contributed by atoms with E-state index in [9.17, 15) is 19.5 Å². The van der Waals surface area contributed by atoms with Crippen LogP contribution in [0.1, 0.15) is 32.5 Å². The Morgan fingerprint density at radius 1 is 1.26 bits per heavy atom. The van der Waals surface area contributed by atoms with Crippen molar-refractivity contribution in [2.75, 3.05) is 18.6 Å². The third-order valence-electron chi connectivity index (χ3n) is 5.30. The number of benzene rings is 1. The van der Waals surface area contributed by atoms with Crippen molar-refractivity contribution >= 4 is 39.9 Å². The van der Waals surface area contributed by atoms with Crippen molar-refractivity contribution in [1.82, 2.24) is 9.97 Å². The lowest BCUT2D eigenvalue weighted by molar-refractivity contribution is -0.132. The highest BCUT2D eigenvalue weighted by atomic mass is 32.1. The van der Waals surface area contributed by atoms with E-state index in [2.05, 4.69) is 16.5 Å². The Balaban J connectivity index is 1.84. The van der Waals surface area contributed by atoms with Crippen LogP contribution in [0, 0.1) is 6.92 Å². The van der Waals surface area contributed by atoms with E-state index in [1.165, 1.54) is 18.2 Å². The second-order valence-electron chi connectivity index (χ2n) is 7.48. The number of rotatable bonds is 7. The van der Waals surface area contributed by atoms with Gasteiger partial charge in [-0.2, -0.15) is 0 Å². The molecule has 0 saturated carbocycles. The van der Waals surface area contributed by atoms with Crippen LogP contribution in [0.4, 0.5) is 5.13 Å². The van der Waals surface area contributed by atoms with Gasteiger partial charge in [0.1, 0.15) is 23.0 Å². The number of hydrogen-bond acceptors (Lipinski definition) is 9. The van der Waals surface area contributed by atoms with Crippen molar-refractivity contribution in [1.29, 1.82) is 0 Å². The molecular formula is C25H21N3O6S. The minimum absolute atomic E-state index is 0.116. The number of aryl methyl sites for hydroxylation is 1. The van der Waals surface area contributed by atoms with Crippen LogP contribution in [0.25, 0.3) is 5.76 Å². The van der Waals surface area contributed by atoms with E-state index in [0.29, 0.717) is 29.2 Å². The highest BCUT2D eigenvalue weighted by molar-refractivity contribution is 7.17. The largest absolute Gasteiger partial charge is 0.507 e. The molecule has 0 bridgehead atoms. The highest BCUT2D eigenvalue weighted by Crippen LogP contribution is 2.43. The van der Waals surface area contributed by atoms with Gasteiger partial charge in [-0.25, -0.2) is 9.78 Å². The zero-order valence-corrected chi connectivity index (χ0v) is 19.7. The van der Waals surface area contributed by atoms with E-state index < -0.39 is 23.7 Å². The Morgan fingerprint density at radius 2 is 2.00 bits per heavy atom. The number of ketones is 1. The molecule has 178 valence electrons. The van der Waals surface area contributed by atoms with Crippen LogP contribution in [-0.4, -0.2) is 46.5 Å². The molecular weight excluding hydrogens is 470 g/mol. The summed E-state index contributed by atoms with van der Waals surface area (Å²) in [4.78, 5) is 48.4. The van der Waals surface area contributed by atoms with Crippen LogP contribution in [0.2, 0.25) is 0 Å². The number of Topliss-reactive ketones (excluding diaryl/α,β-unsaturated/α-hetero) is 1. The molecule has 4 rings (SSSR count). The van der Waals surface area contributed by atoms with Crippen molar-refractivity contribution in [3.63, 3.8) is 0 Å². The highest BCUT2D eigenvalue weighted by Gasteiger charge is 2.48. The molecule has 1 fully saturated rings. The van der Waals surface area contributed by atoms with Crippen LogP contribution in [0.3, 0.4) is 0 Å². The number of aliphatic hydroxyl groups excluding tert-OH is 1. The number of amides is 1. The molecule has 2 aromatic heterocycles. The van der Waals surface area contributed by atoms with Gasteiger partial charge < -0.3 is 14.6 Å². The first-order valence-electron chi connectivity index (χ1n) is 10.5. The lowest BCUT2D eigenvalue weighted by atomic mass is 9.96. The average molecular weight is 492 g/mol. The number of nitrogens with zero attached hydrogens (tertiary/aromatic N) is 3. The van der Waals surface area contributed by atoms with Crippen LogP contribution < -0.4 is 9.64 Å². The summed E-state index contributed by atoms with van der Waals surface area (Å²) in [5.74, 6) is -2.15. The first-order valence-corrected chi connectivity index (χ1v) is 11.3. The second-order valence-corrected chi connectivity index (χ2v) is 8.46. The summed E-state index contributed by atoms with van der Waals surface area (Å²) in [6, 6.07) is 8.80. The molecule has 1 aliphatic heterocycles. The summed E-state index contributed by atoms with van der Waals surface area (Å²) >= 11 is 0.931. The number of ether oxygens (including phenoxy) is 2. The van der Waals surface area contributed by atoms with Crippen molar-refractivity contribution in [3.05, 3.63) is 88.7 Å². The fourth-order valence-electron chi connectivity index (χ4n) is 3.67. The van der Waals surface area contributed by atoms with Gasteiger partial charge in [0.25, 0.3) is 5.78 Å². The van der Waals surface area contributed by atoms with Crippen LogP contribution in [-0.2, 0) is 14.3 Å². The third kappa shape index (κ3) is 4.43. The number of aliphatic hydroxyl groups is 1. The fourth-order valence-corrected chi connectivity index (χ4v) is 4.68. The first kappa shape index (κ1) is 23.8. The Kier molecular flexibility index (Phi) is 6.74. The molecule has 9 nitrogen and oxygen atoms in total. The summed E-state index contributed by atoms with van der Waals surface area (Å²) in [5.41, 5.74) is 1.06. The number of aromatic nitrogens is 2. The fraction of sp³-hybridized carbons (Fsp3) is 0.160. The molecule has 0 unspecified atom stereocenters. The summed E-state index contributed by atoms with van der Waals surface area (Å²) in [5, 5.41) is 11.3. The Labute approximate surface area is 205 Å². The summed E-state index contributed by atoms with van der Waals surface area (Å²) in [6.07, 6.45) is 4.67. The Bertz CT molecular complexity index is 1330. The zero-order valence-electron chi connectivity index (χ0n) is 18.9. The van der Waals surface area contributed by atoms with Crippen molar-refractivity contribution in [3.8, 4) is 5.75 Å². The number of thiazole rings is 1. The van der Waals surface area contributed by atoms with Crippen molar-refractivity contribution in [2.24, 2.45) is 0 Å². The number of pyridine rings is 1. The monoisotopic (exact) mass is 491 g/mol. The lowest BCUT2D eigenvalue weighted by Gasteiger charge is -2.22. The molecule has 1 saturated heterocycles. The summed E-state index contributed by atoms with van der Waals surface area (Å²) in [6.45, 7) is 5.53. The molecule has 1 amide bonds. The molecule has 1 N–H and O–H groups in total. The maximum absolute atomic E-state index is 13.2. The molecule has 3 aromatic rings. The predicted molar refractivity (Wildman–Crippen MR) is 129 cm³/mol. The van der Waals surface area contributed by atoms with Gasteiger partial charge >= 0.3 is 11.9 Å². The number of carbonyl (C=O) groups is 3.